The van der Waals surface area contributed by atoms with Gasteiger partial charge >= 0.3 is 0 Å². The van der Waals surface area contributed by atoms with E-state index in [1.54, 1.807) is 6.07 Å². The largest absolute Gasteiger partial charge is 0.397 e. The molecule has 0 radical (unpaired) electrons. The molecule has 6 nitrogen and oxygen atoms in total. The summed E-state index contributed by atoms with van der Waals surface area (Å²) in [6, 6.07) is 11.7. The molecule has 118 valence electrons. The number of hydrogen-bond donors (Lipinski definition) is 2. The Hall–Kier alpha value is -2.60. The Balaban J connectivity index is 1.76. The molecule has 1 aliphatic carbocycles. The number of hydrogen-bond acceptors (Lipinski definition) is 4. The molecular formula is C16H14ClN3O3. The Labute approximate surface area is 137 Å². The van der Waals surface area contributed by atoms with Gasteiger partial charge in [0.05, 0.1) is 10.6 Å². The Morgan fingerprint density at radius 2 is 2.04 bits per heavy atom. The molecule has 2 aromatic carbocycles. The number of nitrogen functional groups attached to an aromatic ring is 1. The molecule has 0 bridgehead atoms. The average molecular weight is 332 g/mol. The quantitative estimate of drug-likeness (QED) is 0.508. The van der Waals surface area contributed by atoms with Crippen molar-refractivity contribution in [3.05, 3.63) is 63.2 Å². The van der Waals surface area contributed by atoms with E-state index in [1.807, 2.05) is 18.2 Å². The highest BCUT2D eigenvalue weighted by Crippen LogP contribution is 2.48. The van der Waals surface area contributed by atoms with Crippen LogP contribution in [0.5, 0.6) is 0 Å². The fraction of sp³-hybridized carbons (Fsp3) is 0.188. The summed E-state index contributed by atoms with van der Waals surface area (Å²) in [5, 5.41) is 14.3. The first-order valence-corrected chi connectivity index (χ1v) is 7.44. The van der Waals surface area contributed by atoms with Crippen LogP contribution in [-0.2, 0) is 4.79 Å². The van der Waals surface area contributed by atoms with Crippen LogP contribution in [0.1, 0.15) is 17.9 Å². The van der Waals surface area contributed by atoms with Gasteiger partial charge in [0.15, 0.2) is 0 Å². The molecule has 1 aliphatic rings. The van der Waals surface area contributed by atoms with Gasteiger partial charge in [0, 0.05) is 17.0 Å². The first kappa shape index (κ1) is 15.3. The summed E-state index contributed by atoms with van der Waals surface area (Å²) in [4.78, 5) is 22.8. The van der Waals surface area contributed by atoms with E-state index >= 15 is 0 Å². The number of nitrogens with zero attached hydrogens (tertiary/aromatic N) is 1. The van der Waals surface area contributed by atoms with Crippen LogP contribution in [0.3, 0.4) is 0 Å². The normalized spacial score (nSPS) is 19.2. The molecule has 2 aromatic rings. The third kappa shape index (κ3) is 3.12. The zero-order chi connectivity index (χ0) is 16.6. The lowest BCUT2D eigenvalue weighted by Crippen LogP contribution is -2.16. The predicted molar refractivity (Wildman–Crippen MR) is 88.4 cm³/mol. The van der Waals surface area contributed by atoms with E-state index < -0.39 is 4.92 Å². The highest BCUT2D eigenvalue weighted by molar-refractivity contribution is 6.30. The Bertz CT molecular complexity index is 794. The van der Waals surface area contributed by atoms with Gasteiger partial charge in [0.25, 0.3) is 5.69 Å². The van der Waals surface area contributed by atoms with E-state index in [4.69, 9.17) is 17.3 Å². The summed E-state index contributed by atoms with van der Waals surface area (Å²) in [6.45, 7) is 0. The van der Waals surface area contributed by atoms with Crippen LogP contribution < -0.4 is 11.1 Å². The van der Waals surface area contributed by atoms with E-state index in [1.165, 1.54) is 18.2 Å². The molecule has 0 heterocycles. The number of amides is 1. The molecule has 0 aromatic heterocycles. The Morgan fingerprint density at radius 3 is 2.74 bits per heavy atom. The molecule has 3 N–H and O–H groups in total. The van der Waals surface area contributed by atoms with Crippen LogP contribution in [0, 0.1) is 16.0 Å². The minimum absolute atomic E-state index is 0.0549. The summed E-state index contributed by atoms with van der Waals surface area (Å²) in [6.07, 6.45) is 0.687. The van der Waals surface area contributed by atoms with E-state index in [-0.39, 0.29) is 34.8 Å². The van der Waals surface area contributed by atoms with Crippen molar-refractivity contribution in [1.29, 1.82) is 0 Å². The number of rotatable bonds is 4. The minimum Gasteiger partial charge on any atom is -0.397 e. The fourth-order valence-corrected chi connectivity index (χ4v) is 2.85. The van der Waals surface area contributed by atoms with Crippen molar-refractivity contribution in [2.45, 2.75) is 12.3 Å². The smallest absolute Gasteiger partial charge is 0.294 e. The topological polar surface area (TPSA) is 98.3 Å². The lowest BCUT2D eigenvalue weighted by molar-refractivity contribution is -0.383. The van der Waals surface area contributed by atoms with Crippen molar-refractivity contribution in [2.24, 2.45) is 5.92 Å². The number of nitro groups is 1. The lowest BCUT2D eigenvalue weighted by atomic mass is 10.1. The van der Waals surface area contributed by atoms with Crippen molar-refractivity contribution >= 4 is 34.6 Å². The summed E-state index contributed by atoms with van der Waals surface area (Å²) in [5.41, 5.74) is 6.77. The zero-order valence-corrected chi connectivity index (χ0v) is 12.8. The van der Waals surface area contributed by atoms with Crippen LogP contribution in [0.15, 0.2) is 42.5 Å². The first-order valence-electron chi connectivity index (χ1n) is 7.06. The van der Waals surface area contributed by atoms with Crippen LogP contribution in [0.4, 0.5) is 17.1 Å². The standard InChI is InChI=1S/C16H14ClN3O3/c17-10-4-1-3-9(7-10)11-8-12(11)16(21)19-15-13(18)5-2-6-14(15)20(22)23/h1-7,11-12H,8,18H2,(H,19,21)/t11?,12-/m0/s1. The average Bonchev–Trinajstić information content (AvgIpc) is 3.29. The van der Waals surface area contributed by atoms with Gasteiger partial charge in [-0.15, -0.1) is 0 Å². The molecule has 0 spiro atoms. The number of nitrogens with two attached hydrogens (primary N) is 1. The maximum Gasteiger partial charge on any atom is 0.294 e. The molecule has 1 unspecified atom stereocenters. The van der Waals surface area contributed by atoms with E-state index in [9.17, 15) is 14.9 Å². The second-order valence-electron chi connectivity index (χ2n) is 5.49. The van der Waals surface area contributed by atoms with Crippen molar-refractivity contribution in [3.8, 4) is 0 Å². The van der Waals surface area contributed by atoms with Crippen molar-refractivity contribution in [1.82, 2.24) is 0 Å². The third-order valence-electron chi connectivity index (χ3n) is 3.92. The molecule has 1 amide bonds. The van der Waals surface area contributed by atoms with Gasteiger partial charge in [-0.25, -0.2) is 0 Å². The van der Waals surface area contributed by atoms with Crippen molar-refractivity contribution in [3.63, 3.8) is 0 Å². The van der Waals surface area contributed by atoms with Crippen LogP contribution in [0.2, 0.25) is 5.02 Å². The lowest BCUT2D eigenvalue weighted by Gasteiger charge is -2.08. The zero-order valence-electron chi connectivity index (χ0n) is 12.0. The van der Waals surface area contributed by atoms with Crippen molar-refractivity contribution < 1.29 is 9.72 Å². The molecule has 0 saturated heterocycles. The number of nitrogens with one attached hydrogen (secondary N) is 1. The second kappa shape index (κ2) is 5.89. The van der Waals surface area contributed by atoms with Gasteiger partial charge < -0.3 is 11.1 Å². The molecule has 3 rings (SSSR count). The Morgan fingerprint density at radius 1 is 1.30 bits per heavy atom. The van der Waals surface area contributed by atoms with E-state index in [2.05, 4.69) is 5.32 Å². The van der Waals surface area contributed by atoms with Gasteiger partial charge in [-0.3, -0.25) is 14.9 Å². The number of benzene rings is 2. The molecule has 2 atom stereocenters. The summed E-state index contributed by atoms with van der Waals surface area (Å²) in [5.74, 6) is -0.415. The Kier molecular flexibility index (Phi) is 3.92. The van der Waals surface area contributed by atoms with Gasteiger partial charge in [0.2, 0.25) is 5.91 Å². The van der Waals surface area contributed by atoms with Crippen LogP contribution in [-0.4, -0.2) is 10.8 Å². The molecule has 23 heavy (non-hydrogen) atoms. The van der Waals surface area contributed by atoms with Gasteiger partial charge in [-0.05, 0) is 36.1 Å². The molecule has 7 heteroatoms. The minimum atomic E-state index is -0.562. The molecular weight excluding hydrogens is 318 g/mol. The first-order chi connectivity index (χ1) is 11.0. The number of carbonyl (C=O) groups excluding carboxylic acids is 1. The van der Waals surface area contributed by atoms with Gasteiger partial charge in [-0.2, -0.15) is 0 Å². The van der Waals surface area contributed by atoms with Crippen LogP contribution >= 0.6 is 11.6 Å². The maximum atomic E-state index is 12.3. The van der Waals surface area contributed by atoms with Gasteiger partial charge in [0.1, 0.15) is 5.69 Å². The van der Waals surface area contributed by atoms with E-state index in [0.717, 1.165) is 5.56 Å². The molecule has 1 fully saturated rings. The number of nitro benzene ring substituents is 1. The second-order valence-corrected chi connectivity index (χ2v) is 5.93. The van der Waals surface area contributed by atoms with Crippen LogP contribution in [0.25, 0.3) is 0 Å². The number of para-hydroxylation sites is 1. The number of halogens is 1. The van der Waals surface area contributed by atoms with Gasteiger partial charge in [-0.1, -0.05) is 29.8 Å². The summed E-state index contributed by atoms with van der Waals surface area (Å²) < 4.78 is 0. The fourth-order valence-electron chi connectivity index (χ4n) is 2.65. The third-order valence-corrected chi connectivity index (χ3v) is 4.16. The monoisotopic (exact) mass is 331 g/mol. The number of anilines is 2. The predicted octanol–water partition coefficient (Wildman–Crippen LogP) is 3.57. The SMILES string of the molecule is Nc1cccc([N+](=O)[O-])c1NC(=O)[C@H]1CC1c1cccc(Cl)c1. The highest BCUT2D eigenvalue weighted by atomic mass is 35.5. The molecule has 1 saturated carbocycles. The van der Waals surface area contributed by atoms with E-state index in [0.29, 0.717) is 11.4 Å². The number of carbonyl (C=O) groups is 1. The highest BCUT2D eigenvalue weighted by Gasteiger charge is 2.44. The summed E-state index contributed by atoms with van der Waals surface area (Å²) >= 11 is 5.96. The molecule has 0 aliphatic heterocycles. The van der Waals surface area contributed by atoms with Crippen molar-refractivity contribution in [2.75, 3.05) is 11.1 Å². The maximum absolute atomic E-state index is 12.3. The summed E-state index contributed by atoms with van der Waals surface area (Å²) in [7, 11) is 0.